The molecule has 2 atom stereocenters. The zero-order chi connectivity index (χ0) is 8.15. The van der Waals surface area contributed by atoms with Crippen molar-refractivity contribution in [1.82, 2.24) is 5.48 Å². The molecule has 2 unspecified atom stereocenters. The van der Waals surface area contributed by atoms with Crippen molar-refractivity contribution in [1.29, 1.82) is 0 Å². The molecular weight excluding hydrogens is 134 g/mol. The largest absolute Gasteiger partial charge is 0.400 e. The van der Waals surface area contributed by atoms with Crippen molar-refractivity contribution in [3.8, 4) is 0 Å². The molecule has 0 aromatic carbocycles. The van der Waals surface area contributed by atoms with Crippen LogP contribution in [0, 0.1) is 5.92 Å². The van der Waals surface area contributed by atoms with Crippen LogP contribution in [0.4, 0.5) is 0 Å². The molecule has 1 aliphatic rings. The quantitative estimate of drug-likeness (QED) is 0.463. The Hall–Kier alpha value is -0.450. The van der Waals surface area contributed by atoms with Gasteiger partial charge in [-0.15, -0.1) is 0 Å². The number of aliphatic hydroxyl groups is 1. The summed E-state index contributed by atoms with van der Waals surface area (Å²) >= 11 is 0. The number of hydrogen-bond acceptors (Lipinski definition) is 4. The zero-order valence-electron chi connectivity index (χ0n) is 6.16. The first-order valence-corrected chi connectivity index (χ1v) is 3.10. The van der Waals surface area contributed by atoms with Gasteiger partial charge < -0.3 is 10.3 Å². The lowest BCUT2D eigenvalue weighted by Gasteiger charge is -1.88. The third-order valence-electron chi connectivity index (χ3n) is 1.48. The predicted octanol–water partition coefficient (Wildman–Crippen LogP) is -0.449. The zero-order valence-corrected chi connectivity index (χ0v) is 6.16. The fourth-order valence-electron chi connectivity index (χ4n) is 0.787. The fraction of sp³-hybridized carbons (Fsp3) is 0.833. The maximum Gasteiger partial charge on any atom is 0.134 e. The summed E-state index contributed by atoms with van der Waals surface area (Å²) < 4.78 is 0. The molecule has 4 heteroatoms. The van der Waals surface area contributed by atoms with E-state index in [4.69, 9.17) is 10.3 Å². The average molecular weight is 147 g/mol. The minimum absolute atomic E-state index is 0.0486. The molecular formula is C6H13NO3. The Morgan fingerprint density at radius 2 is 2.10 bits per heavy atom. The van der Waals surface area contributed by atoms with Crippen molar-refractivity contribution >= 4 is 5.78 Å². The van der Waals surface area contributed by atoms with Gasteiger partial charge in [-0.2, -0.15) is 0 Å². The highest BCUT2D eigenvalue weighted by atomic mass is 16.5. The Kier molecular flexibility index (Phi) is 4.18. The number of ketones is 1. The standard InChI is InChI=1S/C5H9NO2.CH4O/c1-3(7)4-2-5(4)6-8;1-2/h4-6,8H,2H2,1H3;2H,1H3. The molecule has 1 aliphatic carbocycles. The van der Waals surface area contributed by atoms with Crippen LogP contribution in [0.15, 0.2) is 0 Å². The Morgan fingerprint density at radius 1 is 1.60 bits per heavy atom. The van der Waals surface area contributed by atoms with Gasteiger partial charge in [-0.05, 0) is 13.3 Å². The normalized spacial score (nSPS) is 28.4. The molecule has 0 amide bonds. The first-order chi connectivity index (χ1) is 4.75. The van der Waals surface area contributed by atoms with Crippen LogP contribution in [0.3, 0.4) is 0 Å². The van der Waals surface area contributed by atoms with Crippen LogP contribution in [0.2, 0.25) is 0 Å². The number of nitrogens with one attached hydrogen (secondary N) is 1. The van der Waals surface area contributed by atoms with Gasteiger partial charge in [0.15, 0.2) is 0 Å². The van der Waals surface area contributed by atoms with Crippen LogP contribution in [0.5, 0.6) is 0 Å². The molecule has 1 fully saturated rings. The van der Waals surface area contributed by atoms with Crippen LogP contribution >= 0.6 is 0 Å². The van der Waals surface area contributed by atoms with Gasteiger partial charge in [-0.3, -0.25) is 4.79 Å². The maximum absolute atomic E-state index is 10.4. The molecule has 4 nitrogen and oxygen atoms in total. The van der Waals surface area contributed by atoms with Gasteiger partial charge >= 0.3 is 0 Å². The van der Waals surface area contributed by atoms with Crippen molar-refractivity contribution in [3.05, 3.63) is 0 Å². The Morgan fingerprint density at radius 3 is 2.20 bits per heavy atom. The van der Waals surface area contributed by atoms with Crippen LogP contribution in [0.25, 0.3) is 0 Å². The Bertz CT molecular complexity index is 116. The molecule has 60 valence electrons. The van der Waals surface area contributed by atoms with Gasteiger partial charge in [-0.1, -0.05) is 0 Å². The Balaban J connectivity index is 0.000000371. The first-order valence-electron chi connectivity index (χ1n) is 3.10. The smallest absolute Gasteiger partial charge is 0.134 e. The molecule has 0 aromatic rings. The number of Topliss-reactive ketones (excluding diaryl/α,β-unsaturated/α-hetero) is 1. The van der Waals surface area contributed by atoms with E-state index >= 15 is 0 Å². The highest BCUT2D eigenvalue weighted by Gasteiger charge is 2.40. The third-order valence-corrected chi connectivity index (χ3v) is 1.48. The summed E-state index contributed by atoms with van der Waals surface area (Å²) in [4.78, 5) is 10.4. The van der Waals surface area contributed by atoms with Gasteiger partial charge in [0.2, 0.25) is 0 Å². The molecule has 0 aromatic heterocycles. The highest BCUT2D eigenvalue weighted by molar-refractivity contribution is 5.81. The van der Waals surface area contributed by atoms with Gasteiger partial charge in [0, 0.05) is 19.1 Å². The minimum atomic E-state index is 0.0486. The molecule has 3 N–H and O–H groups in total. The summed E-state index contributed by atoms with van der Waals surface area (Å²) in [5, 5.41) is 15.2. The van der Waals surface area contributed by atoms with Crippen molar-refractivity contribution in [3.63, 3.8) is 0 Å². The second-order valence-electron chi connectivity index (χ2n) is 2.19. The predicted molar refractivity (Wildman–Crippen MR) is 35.6 cm³/mol. The average Bonchev–Trinajstić information content (AvgIpc) is 2.70. The van der Waals surface area contributed by atoms with Gasteiger partial charge in [0.05, 0.1) is 0 Å². The number of aliphatic hydroxyl groups excluding tert-OH is 1. The molecule has 1 rings (SSSR count). The third kappa shape index (κ3) is 2.43. The van der Waals surface area contributed by atoms with Crippen LogP contribution < -0.4 is 5.48 Å². The van der Waals surface area contributed by atoms with E-state index in [0.717, 1.165) is 13.5 Å². The van der Waals surface area contributed by atoms with E-state index in [0.29, 0.717) is 0 Å². The molecule has 0 saturated heterocycles. The summed E-state index contributed by atoms with van der Waals surface area (Å²) in [6.07, 6.45) is 0.797. The van der Waals surface area contributed by atoms with Crippen molar-refractivity contribution in [2.24, 2.45) is 5.92 Å². The number of carbonyl (C=O) groups is 1. The van der Waals surface area contributed by atoms with E-state index < -0.39 is 0 Å². The molecule has 0 heterocycles. The second kappa shape index (κ2) is 4.38. The molecule has 0 radical (unpaired) electrons. The first kappa shape index (κ1) is 9.55. The van der Waals surface area contributed by atoms with Crippen LogP contribution in [0.1, 0.15) is 13.3 Å². The number of carbonyl (C=O) groups excluding carboxylic acids is 1. The van der Waals surface area contributed by atoms with E-state index in [1.807, 2.05) is 5.48 Å². The van der Waals surface area contributed by atoms with E-state index in [9.17, 15) is 4.79 Å². The monoisotopic (exact) mass is 147 g/mol. The molecule has 0 bridgehead atoms. The summed E-state index contributed by atoms with van der Waals surface area (Å²) in [6, 6.07) is 0.0486. The summed E-state index contributed by atoms with van der Waals surface area (Å²) in [6.45, 7) is 1.54. The van der Waals surface area contributed by atoms with Gasteiger partial charge in [0.1, 0.15) is 5.78 Å². The number of hydrogen-bond donors (Lipinski definition) is 3. The van der Waals surface area contributed by atoms with E-state index in [-0.39, 0.29) is 17.7 Å². The van der Waals surface area contributed by atoms with E-state index in [2.05, 4.69) is 0 Å². The van der Waals surface area contributed by atoms with E-state index in [1.165, 1.54) is 0 Å². The topological polar surface area (TPSA) is 69.6 Å². The molecule has 10 heavy (non-hydrogen) atoms. The summed E-state index contributed by atoms with van der Waals surface area (Å²) in [7, 11) is 1.00. The SMILES string of the molecule is CC(=O)C1CC1NO.CO. The van der Waals surface area contributed by atoms with Crippen molar-refractivity contribution < 1.29 is 15.1 Å². The lowest BCUT2D eigenvalue weighted by atomic mass is 10.3. The van der Waals surface area contributed by atoms with Crippen molar-refractivity contribution in [2.75, 3.05) is 7.11 Å². The van der Waals surface area contributed by atoms with Crippen LogP contribution in [-0.2, 0) is 4.79 Å². The minimum Gasteiger partial charge on any atom is -0.400 e. The maximum atomic E-state index is 10.4. The van der Waals surface area contributed by atoms with Crippen molar-refractivity contribution in [2.45, 2.75) is 19.4 Å². The molecule has 0 spiro atoms. The fourth-order valence-corrected chi connectivity index (χ4v) is 0.787. The summed E-state index contributed by atoms with van der Waals surface area (Å²) in [5.74, 6) is 0.247. The Labute approximate surface area is 59.8 Å². The second-order valence-corrected chi connectivity index (χ2v) is 2.19. The van der Waals surface area contributed by atoms with Crippen LogP contribution in [-0.4, -0.2) is 29.2 Å². The summed E-state index contributed by atoms with van der Waals surface area (Å²) in [5.41, 5.74) is 2.05. The van der Waals surface area contributed by atoms with Gasteiger partial charge in [0.25, 0.3) is 0 Å². The lowest BCUT2D eigenvalue weighted by molar-refractivity contribution is -0.118. The molecule has 0 aliphatic heterocycles. The molecule has 1 saturated carbocycles. The van der Waals surface area contributed by atoms with E-state index in [1.54, 1.807) is 6.92 Å². The van der Waals surface area contributed by atoms with Gasteiger partial charge in [-0.25, -0.2) is 5.48 Å². The number of hydroxylamine groups is 1. The number of rotatable bonds is 2. The lowest BCUT2D eigenvalue weighted by Crippen LogP contribution is -2.14. The highest BCUT2D eigenvalue weighted by Crippen LogP contribution is 2.30.